The molecule has 0 aromatic heterocycles. The van der Waals surface area contributed by atoms with E-state index in [4.69, 9.17) is 9.16 Å². The summed E-state index contributed by atoms with van der Waals surface area (Å²) in [5, 5.41) is 0. The highest BCUT2D eigenvalue weighted by molar-refractivity contribution is 6.77. The summed E-state index contributed by atoms with van der Waals surface area (Å²) in [5.41, 5.74) is 2.44. The van der Waals surface area contributed by atoms with Crippen LogP contribution >= 0.6 is 0 Å². The average Bonchev–Trinajstić information content (AvgIpc) is 2.51. The van der Waals surface area contributed by atoms with Crippen molar-refractivity contribution in [1.82, 2.24) is 0 Å². The molecule has 1 fully saturated rings. The van der Waals surface area contributed by atoms with Crippen molar-refractivity contribution in [3.8, 4) is 0 Å². The smallest absolute Gasteiger partial charge is 0.312 e. The summed E-state index contributed by atoms with van der Waals surface area (Å²) in [5.74, 6) is 0.496. The minimum Gasteiger partial charge on any atom is -0.469 e. The molecule has 3 nitrogen and oxygen atoms in total. The van der Waals surface area contributed by atoms with Crippen molar-refractivity contribution in [1.29, 1.82) is 0 Å². The highest BCUT2D eigenvalue weighted by Gasteiger charge is 2.60. The molecule has 144 valence electrons. The Bertz CT molecular complexity index is 515. The molecule has 4 atom stereocenters. The molecular formula is C21H38O3Si. The number of carbonyl (C=O) groups is 1. The summed E-state index contributed by atoms with van der Waals surface area (Å²) in [7, 11) is -0.582. The Morgan fingerprint density at radius 2 is 1.68 bits per heavy atom. The molecule has 0 unspecified atom stereocenters. The molecule has 0 aromatic rings. The first-order valence-electron chi connectivity index (χ1n) is 10.0. The van der Waals surface area contributed by atoms with E-state index in [9.17, 15) is 4.79 Å². The maximum Gasteiger partial charge on any atom is 0.312 e. The lowest BCUT2D eigenvalue weighted by atomic mass is 9.58. The number of hydrogen-bond acceptors (Lipinski definition) is 3. The van der Waals surface area contributed by atoms with Gasteiger partial charge in [0.25, 0.3) is 0 Å². The van der Waals surface area contributed by atoms with E-state index in [1.165, 1.54) is 12.7 Å². The Hall–Kier alpha value is -0.613. The zero-order valence-electron chi connectivity index (χ0n) is 17.7. The van der Waals surface area contributed by atoms with Gasteiger partial charge in [0.15, 0.2) is 0 Å². The van der Waals surface area contributed by atoms with Crippen LogP contribution in [0.15, 0.2) is 11.6 Å². The van der Waals surface area contributed by atoms with Crippen LogP contribution in [0.5, 0.6) is 0 Å². The molecule has 3 aliphatic carbocycles. The molecule has 0 aromatic carbocycles. The summed E-state index contributed by atoms with van der Waals surface area (Å²) in [6.07, 6.45) is 4.37. The minimum absolute atomic E-state index is 0.0971. The number of allylic oxidation sites excluding steroid dienone is 1. The fourth-order valence-corrected chi connectivity index (χ4v) is 11.8. The summed E-state index contributed by atoms with van der Waals surface area (Å²) >= 11 is 0. The standard InChI is InChI=1S/C21H38O3Si/c1-13(2)25(14(3)4,15(5)6)24-21-11-10-18(16(7)12-21)17(8)19(21)20(22)23-9/h12-15,17-19H,10-11H2,1-9H3/t17-,18+,19-,21+/m1/s1. The Labute approximate surface area is 155 Å². The number of esters is 1. The van der Waals surface area contributed by atoms with E-state index in [1.54, 1.807) is 0 Å². The second-order valence-corrected chi connectivity index (χ2v) is 14.6. The van der Waals surface area contributed by atoms with Crippen molar-refractivity contribution >= 4 is 14.3 Å². The van der Waals surface area contributed by atoms with Gasteiger partial charge in [0.2, 0.25) is 8.32 Å². The molecule has 3 rings (SSSR count). The summed E-state index contributed by atoms with van der Waals surface area (Å²) in [6.45, 7) is 18.3. The molecule has 3 aliphatic rings. The van der Waals surface area contributed by atoms with E-state index < -0.39 is 13.9 Å². The van der Waals surface area contributed by atoms with Crippen molar-refractivity contribution in [2.24, 2.45) is 17.8 Å². The molecule has 0 amide bonds. The van der Waals surface area contributed by atoms with Crippen LogP contribution in [0.1, 0.15) is 68.2 Å². The van der Waals surface area contributed by atoms with Crippen molar-refractivity contribution in [2.75, 3.05) is 7.11 Å². The van der Waals surface area contributed by atoms with E-state index in [-0.39, 0.29) is 17.8 Å². The predicted octanol–water partition coefficient (Wildman–Crippen LogP) is 5.71. The summed E-state index contributed by atoms with van der Waals surface area (Å²) < 4.78 is 12.5. The van der Waals surface area contributed by atoms with Crippen LogP contribution in [-0.2, 0) is 14.0 Å². The topological polar surface area (TPSA) is 35.5 Å². The molecule has 1 saturated carbocycles. The third kappa shape index (κ3) is 3.14. The predicted molar refractivity (Wildman–Crippen MR) is 106 cm³/mol. The number of rotatable bonds is 6. The number of hydrogen-bond donors (Lipinski definition) is 0. The van der Waals surface area contributed by atoms with Crippen LogP contribution in [0.2, 0.25) is 16.6 Å². The number of carbonyl (C=O) groups excluding carboxylic acids is 1. The van der Waals surface area contributed by atoms with E-state index >= 15 is 0 Å². The van der Waals surface area contributed by atoms with Gasteiger partial charge < -0.3 is 9.16 Å². The first-order valence-corrected chi connectivity index (χ1v) is 12.1. The SMILES string of the molecule is COC(=O)[C@H]1[C@H](C)[C@H]2CC[C@]1(O[Si](C(C)C)(C(C)C)C(C)C)C=C2C. The van der Waals surface area contributed by atoms with Gasteiger partial charge in [0, 0.05) is 0 Å². The van der Waals surface area contributed by atoms with Crippen molar-refractivity contribution in [3.05, 3.63) is 11.6 Å². The molecule has 0 radical (unpaired) electrons. The van der Waals surface area contributed by atoms with Crippen LogP contribution in [-0.4, -0.2) is 27.0 Å². The van der Waals surface area contributed by atoms with E-state index in [1.807, 2.05) is 0 Å². The Morgan fingerprint density at radius 3 is 2.08 bits per heavy atom. The second-order valence-electron chi connectivity index (χ2n) is 9.27. The summed E-state index contributed by atoms with van der Waals surface area (Å²) in [4.78, 5) is 12.8. The largest absolute Gasteiger partial charge is 0.469 e. The second kappa shape index (κ2) is 7.19. The lowest BCUT2D eigenvalue weighted by Gasteiger charge is -2.57. The van der Waals surface area contributed by atoms with Gasteiger partial charge in [-0.3, -0.25) is 4.79 Å². The molecule has 0 N–H and O–H groups in total. The van der Waals surface area contributed by atoms with Gasteiger partial charge in [0.05, 0.1) is 18.6 Å². The normalized spacial score (nSPS) is 32.5. The van der Waals surface area contributed by atoms with Gasteiger partial charge in [-0.25, -0.2) is 0 Å². The van der Waals surface area contributed by atoms with E-state index in [2.05, 4.69) is 61.5 Å². The van der Waals surface area contributed by atoms with E-state index in [0.717, 1.165) is 12.8 Å². The lowest BCUT2D eigenvalue weighted by molar-refractivity contribution is -0.162. The van der Waals surface area contributed by atoms with Crippen molar-refractivity contribution < 1.29 is 14.0 Å². The first kappa shape index (κ1) is 20.7. The molecule has 0 saturated heterocycles. The van der Waals surface area contributed by atoms with Gasteiger partial charge in [-0.2, -0.15) is 0 Å². The molecular weight excluding hydrogens is 328 g/mol. The maximum atomic E-state index is 12.8. The molecule has 2 bridgehead atoms. The van der Waals surface area contributed by atoms with Gasteiger partial charge in [-0.05, 0) is 48.2 Å². The highest BCUT2D eigenvalue weighted by Crippen LogP contribution is 2.56. The molecule has 0 aliphatic heterocycles. The molecule has 0 spiro atoms. The summed E-state index contributed by atoms with van der Waals surface area (Å²) in [6, 6.07) is 0. The Balaban J connectivity index is 2.58. The minimum atomic E-state index is -2.10. The van der Waals surface area contributed by atoms with Crippen LogP contribution in [0.4, 0.5) is 0 Å². The zero-order valence-corrected chi connectivity index (χ0v) is 18.7. The maximum absolute atomic E-state index is 12.8. The fraction of sp³-hybridized carbons (Fsp3) is 0.857. The fourth-order valence-electron chi connectivity index (χ4n) is 6.14. The molecule has 25 heavy (non-hydrogen) atoms. The number of fused-ring (bicyclic) bond motifs is 2. The van der Waals surface area contributed by atoms with Gasteiger partial charge in [-0.1, -0.05) is 60.1 Å². The van der Waals surface area contributed by atoms with Crippen LogP contribution in [0.25, 0.3) is 0 Å². The van der Waals surface area contributed by atoms with Gasteiger partial charge >= 0.3 is 5.97 Å². The Kier molecular flexibility index (Phi) is 5.95. The van der Waals surface area contributed by atoms with Gasteiger partial charge in [-0.15, -0.1) is 0 Å². The Morgan fingerprint density at radius 1 is 1.16 bits per heavy atom. The average molecular weight is 367 g/mol. The quantitative estimate of drug-likeness (QED) is 0.343. The third-order valence-electron chi connectivity index (χ3n) is 7.12. The highest BCUT2D eigenvalue weighted by atomic mass is 28.4. The van der Waals surface area contributed by atoms with Crippen molar-refractivity contribution in [3.63, 3.8) is 0 Å². The lowest BCUT2D eigenvalue weighted by Crippen LogP contribution is -2.62. The monoisotopic (exact) mass is 366 g/mol. The molecule has 4 heteroatoms. The third-order valence-corrected chi connectivity index (χ3v) is 13.3. The van der Waals surface area contributed by atoms with E-state index in [0.29, 0.717) is 22.5 Å². The zero-order chi connectivity index (χ0) is 19.2. The first-order chi connectivity index (χ1) is 11.5. The number of ether oxygens (including phenoxy) is 1. The van der Waals surface area contributed by atoms with Crippen molar-refractivity contribution in [2.45, 2.75) is 90.5 Å². The van der Waals surface area contributed by atoms with Gasteiger partial charge in [0.1, 0.15) is 0 Å². The van der Waals surface area contributed by atoms with Crippen LogP contribution < -0.4 is 0 Å². The molecule has 0 heterocycles. The van der Waals surface area contributed by atoms with Crippen LogP contribution in [0, 0.1) is 17.8 Å². The number of methoxy groups -OCH3 is 1. The van der Waals surface area contributed by atoms with Crippen LogP contribution in [0.3, 0.4) is 0 Å².